The van der Waals surface area contributed by atoms with Crippen molar-refractivity contribution < 1.29 is 19.4 Å². The van der Waals surface area contributed by atoms with Gasteiger partial charge in [0, 0.05) is 12.0 Å². The topological polar surface area (TPSA) is 66.9 Å². The molecule has 0 aromatic heterocycles. The summed E-state index contributed by atoms with van der Waals surface area (Å²) >= 11 is 0. The van der Waals surface area contributed by atoms with E-state index in [1.807, 2.05) is 13.0 Å². The van der Waals surface area contributed by atoms with Crippen molar-refractivity contribution in [3.8, 4) is 0 Å². The molecule has 0 radical (unpaired) electrons. The molecule has 0 spiro atoms. The van der Waals surface area contributed by atoms with Gasteiger partial charge in [0.2, 0.25) is 0 Å². The van der Waals surface area contributed by atoms with Gasteiger partial charge in [0.1, 0.15) is 0 Å². The summed E-state index contributed by atoms with van der Waals surface area (Å²) in [5.41, 5.74) is 3.09. The second-order valence-corrected chi connectivity index (χ2v) is 7.61. The van der Waals surface area contributed by atoms with Crippen molar-refractivity contribution in [2.75, 3.05) is 6.61 Å². The summed E-state index contributed by atoms with van der Waals surface area (Å²) < 4.78 is 5.45. The fourth-order valence-corrected chi connectivity index (χ4v) is 3.19. The first-order valence-corrected chi connectivity index (χ1v) is 9.32. The van der Waals surface area contributed by atoms with Gasteiger partial charge in [0.05, 0.1) is 6.61 Å². The molecule has 0 bridgehead atoms. The Morgan fingerprint density at radius 1 is 1.08 bits per heavy atom. The first-order valence-electron chi connectivity index (χ1n) is 9.32. The quantitative estimate of drug-likeness (QED) is 0.500. The van der Waals surface area contributed by atoms with E-state index in [-0.39, 0.29) is 17.1 Å². The summed E-state index contributed by atoms with van der Waals surface area (Å²) in [7, 11) is 0. The molecule has 4 heteroatoms. The number of fused-ring (bicyclic) bond motifs is 1. The molecule has 0 unspecified atom stereocenters. The maximum atomic E-state index is 12.2. The zero-order chi connectivity index (χ0) is 19.3. The first-order chi connectivity index (χ1) is 12.3. The van der Waals surface area contributed by atoms with Crippen LogP contribution in [0.5, 0.6) is 0 Å². The highest BCUT2D eigenvalue weighted by Gasteiger charge is 2.66. The lowest BCUT2D eigenvalue weighted by atomic mass is 9.85. The molecule has 0 saturated carbocycles. The minimum absolute atomic E-state index is 0.155. The van der Waals surface area contributed by atoms with Gasteiger partial charge in [-0.3, -0.25) is 9.59 Å². The zero-order valence-corrected chi connectivity index (χ0v) is 16.3. The van der Waals surface area contributed by atoms with E-state index in [9.17, 15) is 9.59 Å². The fraction of sp³-hybridized carbons (Fsp3) is 0.545. The molecular weight excluding hydrogens is 328 g/mol. The number of allylic oxidation sites excluding steroid dienone is 5. The number of aliphatic hydroxyl groups excluding tert-OH is 1. The molecule has 1 N–H and O–H groups in total. The zero-order valence-electron chi connectivity index (χ0n) is 16.3. The average Bonchev–Trinajstić information content (AvgIpc) is 3.33. The van der Waals surface area contributed by atoms with Crippen LogP contribution in [0.1, 0.15) is 59.8 Å². The Kier molecular flexibility index (Phi) is 6.90. The Morgan fingerprint density at radius 3 is 2.31 bits per heavy atom. The number of carbonyl (C=O) groups excluding carboxylic acids is 2. The van der Waals surface area contributed by atoms with E-state index in [1.165, 1.54) is 22.8 Å². The monoisotopic (exact) mass is 358 g/mol. The van der Waals surface area contributed by atoms with Gasteiger partial charge in [0.25, 0.3) is 0 Å². The van der Waals surface area contributed by atoms with Crippen LogP contribution < -0.4 is 0 Å². The number of ether oxygens (including phenoxy) is 1. The average molecular weight is 358 g/mol. The number of Topliss-reactive ketones (excluding diaryl/α,β-unsaturated/α-hetero) is 1. The molecule has 2 atom stereocenters. The first kappa shape index (κ1) is 20.5. The third-order valence-electron chi connectivity index (χ3n) is 5.02. The second kappa shape index (κ2) is 8.74. The van der Waals surface area contributed by atoms with Gasteiger partial charge >= 0.3 is 0 Å². The van der Waals surface area contributed by atoms with Crippen LogP contribution in [-0.2, 0) is 14.3 Å². The van der Waals surface area contributed by atoms with Crippen molar-refractivity contribution in [2.24, 2.45) is 0 Å². The van der Waals surface area contributed by atoms with E-state index in [1.54, 1.807) is 0 Å². The molecule has 2 aliphatic rings. The molecule has 0 aromatic carbocycles. The number of carbonyl (C=O) groups is 2. The van der Waals surface area contributed by atoms with Crippen molar-refractivity contribution in [3.63, 3.8) is 0 Å². The van der Waals surface area contributed by atoms with Crippen LogP contribution in [0.15, 0.2) is 46.6 Å². The summed E-state index contributed by atoms with van der Waals surface area (Å²) in [5, 5.41) is 9.12. The van der Waals surface area contributed by atoms with Gasteiger partial charge in [-0.15, -0.1) is 0 Å². The largest absolute Gasteiger partial charge is 0.392 e. The van der Waals surface area contributed by atoms with Crippen LogP contribution in [0.4, 0.5) is 0 Å². The minimum Gasteiger partial charge on any atom is -0.392 e. The predicted octanol–water partition coefficient (Wildman–Crippen LogP) is 4.00. The lowest BCUT2D eigenvalue weighted by Gasteiger charge is -2.13. The lowest BCUT2D eigenvalue weighted by Crippen LogP contribution is -2.35. The molecule has 0 amide bonds. The Labute approximate surface area is 156 Å². The van der Waals surface area contributed by atoms with Crippen LogP contribution in [0, 0.1) is 0 Å². The van der Waals surface area contributed by atoms with Gasteiger partial charge in [-0.1, -0.05) is 34.9 Å². The van der Waals surface area contributed by atoms with Gasteiger partial charge in [-0.2, -0.15) is 0 Å². The smallest absolute Gasteiger partial charge is 0.193 e. The number of aliphatic hydroxyl groups is 1. The third kappa shape index (κ3) is 4.89. The van der Waals surface area contributed by atoms with E-state index < -0.39 is 18.3 Å². The maximum absolute atomic E-state index is 12.2. The SMILES string of the molecule is CC(C)=CCC/C(C)=C/CC/C(C)=C/C[C@]12O[C@H]1C(=O)C(CO)=CC2=O. The van der Waals surface area contributed by atoms with Gasteiger partial charge in [-0.05, 0) is 59.5 Å². The Morgan fingerprint density at radius 2 is 1.69 bits per heavy atom. The van der Waals surface area contributed by atoms with Crippen molar-refractivity contribution in [1.82, 2.24) is 0 Å². The molecule has 0 aromatic rings. The molecule has 142 valence electrons. The third-order valence-corrected chi connectivity index (χ3v) is 5.02. The summed E-state index contributed by atoms with van der Waals surface area (Å²) in [6.07, 6.45) is 11.6. The minimum atomic E-state index is -1.01. The van der Waals surface area contributed by atoms with Crippen LogP contribution in [0.3, 0.4) is 0 Å². The number of hydrogen-bond donors (Lipinski definition) is 1. The van der Waals surface area contributed by atoms with E-state index in [2.05, 4.69) is 32.9 Å². The highest BCUT2D eigenvalue weighted by atomic mass is 16.6. The Balaban J connectivity index is 1.83. The number of ketones is 2. The molecule has 1 heterocycles. The van der Waals surface area contributed by atoms with Gasteiger partial charge in [0.15, 0.2) is 23.3 Å². The van der Waals surface area contributed by atoms with Crippen molar-refractivity contribution in [1.29, 1.82) is 0 Å². The van der Waals surface area contributed by atoms with Gasteiger partial charge < -0.3 is 9.84 Å². The summed E-state index contributed by atoms with van der Waals surface area (Å²) in [5.74, 6) is -0.460. The second-order valence-electron chi connectivity index (χ2n) is 7.61. The molecule has 1 aliphatic carbocycles. The molecule has 4 nitrogen and oxygen atoms in total. The molecule has 1 aliphatic heterocycles. The van der Waals surface area contributed by atoms with Crippen molar-refractivity contribution >= 4 is 11.6 Å². The predicted molar refractivity (Wildman–Crippen MR) is 103 cm³/mol. The van der Waals surface area contributed by atoms with Crippen LogP contribution >= 0.6 is 0 Å². The van der Waals surface area contributed by atoms with Crippen LogP contribution in [-0.4, -0.2) is 35.0 Å². The summed E-state index contributed by atoms with van der Waals surface area (Å²) in [6.45, 7) is 8.04. The van der Waals surface area contributed by atoms with Crippen molar-refractivity contribution in [3.05, 3.63) is 46.6 Å². The molecular formula is C22H30O4. The van der Waals surface area contributed by atoms with Crippen molar-refractivity contribution in [2.45, 2.75) is 71.5 Å². The lowest BCUT2D eigenvalue weighted by molar-refractivity contribution is -0.122. The highest BCUT2D eigenvalue weighted by molar-refractivity contribution is 6.18. The molecule has 2 rings (SSSR count). The van der Waals surface area contributed by atoms with Gasteiger partial charge in [-0.25, -0.2) is 0 Å². The van der Waals surface area contributed by atoms with E-state index >= 15 is 0 Å². The normalized spacial score (nSPS) is 25.7. The molecule has 1 saturated heterocycles. The fourth-order valence-electron chi connectivity index (χ4n) is 3.19. The molecule has 26 heavy (non-hydrogen) atoms. The number of hydrogen-bond acceptors (Lipinski definition) is 4. The summed E-state index contributed by atoms with van der Waals surface area (Å²) in [4.78, 5) is 24.3. The van der Waals surface area contributed by atoms with E-state index in [0.717, 1.165) is 25.7 Å². The highest BCUT2D eigenvalue weighted by Crippen LogP contribution is 2.46. The molecule has 1 fully saturated rings. The number of rotatable bonds is 9. The van der Waals surface area contributed by atoms with E-state index in [0.29, 0.717) is 6.42 Å². The maximum Gasteiger partial charge on any atom is 0.193 e. The summed E-state index contributed by atoms with van der Waals surface area (Å²) in [6, 6.07) is 0. The standard InChI is InChI=1S/C22H30O4/c1-15(2)7-5-8-16(3)9-6-10-17(4)11-12-22-19(24)13-18(14-23)20(25)21(22)26-22/h7,9,11,13,21,23H,5-6,8,10,12,14H2,1-4H3/b16-9+,17-11+/t21-,22+/m0/s1. The van der Waals surface area contributed by atoms with Crippen LogP contribution in [0.2, 0.25) is 0 Å². The Hall–Kier alpha value is -1.78. The van der Waals surface area contributed by atoms with Crippen LogP contribution in [0.25, 0.3) is 0 Å². The number of epoxide rings is 1. The van der Waals surface area contributed by atoms with E-state index in [4.69, 9.17) is 9.84 Å². The Bertz CT molecular complexity index is 689.